The normalized spacial score (nSPS) is 13.3. The zero-order chi connectivity index (χ0) is 15.0. The molecule has 1 N–H and O–H groups in total. The number of halogens is 1. The molecule has 0 saturated carbocycles. The highest BCUT2D eigenvalue weighted by Gasteiger charge is 2.20. The number of carboxylic acids is 1. The van der Waals surface area contributed by atoms with Crippen LogP contribution >= 0.6 is 11.6 Å². The van der Waals surface area contributed by atoms with Gasteiger partial charge in [0.05, 0.1) is 6.42 Å². The summed E-state index contributed by atoms with van der Waals surface area (Å²) >= 11 is 5.97. The Bertz CT molecular complexity index is 750. The van der Waals surface area contributed by atoms with Crippen LogP contribution in [0, 0.1) is 0 Å². The van der Waals surface area contributed by atoms with Crippen molar-refractivity contribution in [3.8, 4) is 0 Å². The molecule has 1 aliphatic carbocycles. The average Bonchev–Trinajstić information content (AvgIpc) is 2.55. The molecule has 0 spiro atoms. The van der Waals surface area contributed by atoms with Crippen molar-refractivity contribution in [2.45, 2.75) is 19.3 Å². The summed E-state index contributed by atoms with van der Waals surface area (Å²) in [7, 11) is 0. The lowest BCUT2D eigenvalue weighted by molar-refractivity contribution is -0.136. The highest BCUT2D eigenvalue weighted by atomic mass is 35.5. The molecule has 0 saturated heterocycles. The van der Waals surface area contributed by atoms with E-state index < -0.39 is 5.97 Å². The zero-order valence-electron chi connectivity index (χ0n) is 11.2. The predicted octanol–water partition coefficient (Wildman–Crippen LogP) is 3.30. The van der Waals surface area contributed by atoms with Gasteiger partial charge >= 0.3 is 5.97 Å². The number of ketones is 1. The summed E-state index contributed by atoms with van der Waals surface area (Å²) in [6.07, 6.45) is 0.928. The number of carbonyl (C=O) groups excluding carboxylic acids is 1. The molecule has 0 atom stereocenters. The summed E-state index contributed by atoms with van der Waals surface area (Å²) in [5, 5.41) is 9.42. The van der Waals surface area contributed by atoms with Crippen LogP contribution < -0.4 is 0 Å². The minimum absolute atomic E-state index is 0.0266. The minimum atomic E-state index is -0.870. The lowest BCUT2D eigenvalue weighted by Crippen LogP contribution is -2.05. The molecule has 1 aliphatic rings. The molecule has 0 amide bonds. The Hall–Kier alpha value is -2.13. The lowest BCUT2D eigenvalue weighted by Gasteiger charge is -2.07. The molecule has 0 aliphatic heterocycles. The van der Waals surface area contributed by atoms with Gasteiger partial charge in [-0.25, -0.2) is 0 Å². The predicted molar refractivity (Wildman–Crippen MR) is 80.1 cm³/mol. The molecular formula is C17H13ClO3. The van der Waals surface area contributed by atoms with Crippen molar-refractivity contribution in [3.63, 3.8) is 0 Å². The summed E-state index contributed by atoms with van der Waals surface area (Å²) in [6.45, 7) is 0. The molecule has 0 radical (unpaired) electrons. The third-order valence-corrected chi connectivity index (χ3v) is 3.97. The topological polar surface area (TPSA) is 54.4 Å². The van der Waals surface area contributed by atoms with E-state index in [4.69, 9.17) is 16.7 Å². The monoisotopic (exact) mass is 300 g/mol. The van der Waals surface area contributed by atoms with Gasteiger partial charge in [0, 0.05) is 17.0 Å². The first-order chi connectivity index (χ1) is 10.0. The standard InChI is InChI=1S/C17H13ClO3/c18-14-4-3-12-7-11-2-1-10(6-17(20)21)5-13(11)8-16(19)15(12)9-14/h1-5,9H,6-8H2,(H,20,21). The number of carbonyl (C=O) groups is 2. The summed E-state index contributed by atoms with van der Waals surface area (Å²) in [5.74, 6) is -0.844. The molecule has 2 aromatic carbocycles. The second-order valence-electron chi connectivity index (χ2n) is 5.25. The molecule has 3 nitrogen and oxygen atoms in total. The summed E-state index contributed by atoms with van der Waals surface area (Å²) in [4.78, 5) is 23.2. The lowest BCUT2D eigenvalue weighted by atomic mass is 9.97. The minimum Gasteiger partial charge on any atom is -0.481 e. The van der Waals surface area contributed by atoms with Crippen LogP contribution in [-0.4, -0.2) is 16.9 Å². The van der Waals surface area contributed by atoms with Crippen molar-refractivity contribution in [1.82, 2.24) is 0 Å². The Morgan fingerprint density at radius 3 is 2.57 bits per heavy atom. The van der Waals surface area contributed by atoms with Gasteiger partial charge in [-0.2, -0.15) is 0 Å². The number of hydrogen-bond donors (Lipinski definition) is 1. The molecule has 4 heteroatoms. The fourth-order valence-electron chi connectivity index (χ4n) is 2.74. The average molecular weight is 301 g/mol. The number of fused-ring (bicyclic) bond motifs is 2. The smallest absolute Gasteiger partial charge is 0.307 e. The van der Waals surface area contributed by atoms with Crippen molar-refractivity contribution < 1.29 is 14.7 Å². The first-order valence-corrected chi connectivity index (χ1v) is 7.05. The van der Waals surface area contributed by atoms with Crippen molar-refractivity contribution >= 4 is 23.4 Å². The molecule has 0 bridgehead atoms. The quantitative estimate of drug-likeness (QED) is 0.926. The highest BCUT2D eigenvalue weighted by Crippen LogP contribution is 2.27. The van der Waals surface area contributed by atoms with E-state index in [0.29, 0.717) is 17.0 Å². The van der Waals surface area contributed by atoms with Crippen LogP contribution in [0.25, 0.3) is 0 Å². The molecule has 106 valence electrons. The molecule has 0 aromatic heterocycles. The number of rotatable bonds is 2. The van der Waals surface area contributed by atoms with E-state index in [2.05, 4.69) is 0 Å². The van der Waals surface area contributed by atoms with E-state index in [9.17, 15) is 9.59 Å². The van der Waals surface area contributed by atoms with Crippen LogP contribution in [0.2, 0.25) is 5.02 Å². The van der Waals surface area contributed by atoms with Crippen LogP contribution in [0.1, 0.15) is 32.6 Å². The van der Waals surface area contributed by atoms with Gasteiger partial charge in [-0.15, -0.1) is 0 Å². The molecule has 0 heterocycles. The number of carboxylic acid groups (broad SMARTS) is 1. The van der Waals surface area contributed by atoms with Gasteiger partial charge in [-0.05, 0) is 40.8 Å². The van der Waals surface area contributed by atoms with Gasteiger partial charge in [0.2, 0.25) is 0 Å². The third-order valence-electron chi connectivity index (χ3n) is 3.73. The van der Waals surface area contributed by atoms with Crippen molar-refractivity contribution in [2.75, 3.05) is 0 Å². The van der Waals surface area contributed by atoms with Crippen LogP contribution in [-0.2, 0) is 24.1 Å². The number of benzene rings is 2. The molecule has 3 rings (SSSR count). The van der Waals surface area contributed by atoms with E-state index >= 15 is 0 Å². The van der Waals surface area contributed by atoms with Crippen LogP contribution in [0.4, 0.5) is 0 Å². The number of hydrogen-bond acceptors (Lipinski definition) is 2. The number of aliphatic carboxylic acids is 1. The molecule has 0 fully saturated rings. The Morgan fingerprint density at radius 1 is 1.05 bits per heavy atom. The maximum absolute atomic E-state index is 12.4. The van der Waals surface area contributed by atoms with E-state index in [1.165, 1.54) is 0 Å². The first-order valence-electron chi connectivity index (χ1n) is 6.67. The maximum Gasteiger partial charge on any atom is 0.307 e. The Kier molecular flexibility index (Phi) is 3.52. The fourth-order valence-corrected chi connectivity index (χ4v) is 2.91. The second kappa shape index (κ2) is 5.34. The van der Waals surface area contributed by atoms with E-state index in [1.54, 1.807) is 12.1 Å². The molecular weight excluding hydrogens is 288 g/mol. The van der Waals surface area contributed by atoms with E-state index in [1.807, 2.05) is 24.3 Å². The van der Waals surface area contributed by atoms with Crippen LogP contribution in [0.3, 0.4) is 0 Å². The largest absolute Gasteiger partial charge is 0.481 e. The Morgan fingerprint density at radius 2 is 1.81 bits per heavy atom. The van der Waals surface area contributed by atoms with Gasteiger partial charge in [0.15, 0.2) is 5.78 Å². The maximum atomic E-state index is 12.4. The van der Waals surface area contributed by atoms with Gasteiger partial charge in [0.25, 0.3) is 0 Å². The van der Waals surface area contributed by atoms with E-state index in [-0.39, 0.29) is 18.6 Å². The fraction of sp³-hybridized carbons (Fsp3) is 0.176. The third kappa shape index (κ3) is 2.83. The van der Waals surface area contributed by atoms with Crippen LogP contribution in [0.5, 0.6) is 0 Å². The number of Topliss-reactive ketones (excluding diaryl/α,β-unsaturated/α-hetero) is 1. The SMILES string of the molecule is O=C(O)Cc1ccc2c(c1)CC(=O)c1cc(Cl)ccc1C2. The first kappa shape index (κ1) is 13.8. The van der Waals surface area contributed by atoms with Crippen molar-refractivity contribution in [3.05, 3.63) is 69.2 Å². The summed E-state index contributed by atoms with van der Waals surface area (Å²) in [5.41, 5.74) is 4.33. The highest BCUT2D eigenvalue weighted by molar-refractivity contribution is 6.31. The van der Waals surface area contributed by atoms with Crippen molar-refractivity contribution in [1.29, 1.82) is 0 Å². The van der Waals surface area contributed by atoms with E-state index in [0.717, 1.165) is 22.3 Å². The Balaban J connectivity index is 2.03. The van der Waals surface area contributed by atoms with Crippen molar-refractivity contribution in [2.24, 2.45) is 0 Å². The second-order valence-corrected chi connectivity index (χ2v) is 5.69. The van der Waals surface area contributed by atoms with Gasteiger partial charge in [0.1, 0.15) is 0 Å². The van der Waals surface area contributed by atoms with Gasteiger partial charge < -0.3 is 5.11 Å². The van der Waals surface area contributed by atoms with Crippen LogP contribution in [0.15, 0.2) is 36.4 Å². The van der Waals surface area contributed by atoms with Gasteiger partial charge in [-0.1, -0.05) is 35.9 Å². The zero-order valence-corrected chi connectivity index (χ0v) is 12.0. The Labute approximate surface area is 127 Å². The summed E-state index contributed by atoms with van der Waals surface area (Å²) < 4.78 is 0. The molecule has 2 aromatic rings. The molecule has 0 unspecified atom stereocenters. The molecule has 21 heavy (non-hydrogen) atoms. The summed E-state index contributed by atoms with van der Waals surface area (Å²) in [6, 6.07) is 11.0. The van der Waals surface area contributed by atoms with Gasteiger partial charge in [-0.3, -0.25) is 9.59 Å².